The molecule has 0 aromatic carbocycles. The van der Waals surface area contributed by atoms with Gasteiger partial charge in [-0.15, -0.1) is 0 Å². The minimum absolute atomic E-state index is 2.82. The highest BCUT2D eigenvalue weighted by atomic mass is 19.4. The molecule has 0 bridgehead atoms. The summed E-state index contributed by atoms with van der Waals surface area (Å²) in [6.07, 6.45) is -15.0. The van der Waals surface area contributed by atoms with Crippen LogP contribution in [0.5, 0.6) is 0 Å². The maximum Gasteiger partial charge on any atom is 0.460 e. The van der Waals surface area contributed by atoms with Crippen LogP contribution in [0.25, 0.3) is 0 Å². The summed E-state index contributed by atoms with van der Waals surface area (Å²) in [6, 6.07) is 0. The van der Waals surface area contributed by atoms with E-state index in [9.17, 15) is 52.7 Å². The van der Waals surface area contributed by atoms with Gasteiger partial charge in [0.2, 0.25) is 0 Å². The van der Waals surface area contributed by atoms with Crippen LogP contribution in [-0.4, -0.2) is 43.3 Å². The molecule has 1 unspecified atom stereocenters. The lowest BCUT2D eigenvalue weighted by Crippen LogP contribution is -2.62. The summed E-state index contributed by atoms with van der Waals surface area (Å²) in [6.45, 7) is -3.10. The number of hydrogen-bond acceptors (Lipinski definition) is 1. The highest BCUT2D eigenvalue weighted by Crippen LogP contribution is 2.53. The molecule has 0 heterocycles. The monoisotopic (exact) mass is 332 g/mol. The van der Waals surface area contributed by atoms with E-state index >= 15 is 0 Å². The molecular formula is C7H4F12O. The van der Waals surface area contributed by atoms with Crippen molar-refractivity contribution < 1.29 is 57.4 Å². The lowest BCUT2D eigenvalue weighted by Gasteiger charge is -2.33. The summed E-state index contributed by atoms with van der Waals surface area (Å²) in [5, 5.41) is 0. The van der Waals surface area contributed by atoms with Gasteiger partial charge in [-0.05, 0) is 0 Å². The van der Waals surface area contributed by atoms with Crippen molar-refractivity contribution in [3.8, 4) is 0 Å². The van der Waals surface area contributed by atoms with E-state index in [1.54, 1.807) is 0 Å². The normalized spacial score (nSPS) is 16.6. The first-order valence-corrected chi connectivity index (χ1v) is 4.32. The van der Waals surface area contributed by atoms with E-state index < -0.39 is 43.3 Å². The second kappa shape index (κ2) is 5.48. The van der Waals surface area contributed by atoms with E-state index in [1.807, 2.05) is 0 Å². The maximum atomic E-state index is 12.6. The first kappa shape index (κ1) is 19.1. The molecule has 1 nitrogen and oxygen atoms in total. The van der Waals surface area contributed by atoms with Crippen LogP contribution >= 0.6 is 0 Å². The van der Waals surface area contributed by atoms with Gasteiger partial charge >= 0.3 is 23.9 Å². The standard InChI is InChI=1S/C7H4F12O/c8-2(9)3(10)20-1-4(11,12)5(13,14)6(15,16)7(17,18)19/h2-3H,1H2. The van der Waals surface area contributed by atoms with Crippen molar-refractivity contribution in [3.63, 3.8) is 0 Å². The van der Waals surface area contributed by atoms with E-state index in [0.29, 0.717) is 0 Å². The number of hydrogen-bond donors (Lipinski definition) is 0. The topological polar surface area (TPSA) is 9.23 Å². The van der Waals surface area contributed by atoms with E-state index in [1.165, 1.54) is 0 Å². The van der Waals surface area contributed by atoms with Crippen LogP contribution in [-0.2, 0) is 4.74 Å². The number of halogens is 12. The van der Waals surface area contributed by atoms with E-state index in [-0.39, 0.29) is 0 Å². The van der Waals surface area contributed by atoms with Crippen LogP contribution in [0.3, 0.4) is 0 Å². The number of ether oxygens (including phenoxy) is 1. The molecule has 0 saturated carbocycles. The third kappa shape index (κ3) is 3.41. The van der Waals surface area contributed by atoms with Gasteiger partial charge in [0.05, 0.1) is 0 Å². The van der Waals surface area contributed by atoms with Crippen molar-refractivity contribution in [2.24, 2.45) is 0 Å². The fraction of sp³-hybridized carbons (Fsp3) is 1.00. The second-order valence-electron chi connectivity index (χ2n) is 3.35. The van der Waals surface area contributed by atoms with Crippen molar-refractivity contribution in [2.75, 3.05) is 6.61 Å². The Morgan fingerprint density at radius 2 is 1.10 bits per heavy atom. The minimum atomic E-state index is -7.18. The number of rotatable bonds is 6. The molecule has 0 spiro atoms. The van der Waals surface area contributed by atoms with Crippen LogP contribution in [0.2, 0.25) is 0 Å². The average Bonchev–Trinajstić information content (AvgIpc) is 2.23. The molecule has 0 aromatic heterocycles. The summed E-state index contributed by atoms with van der Waals surface area (Å²) in [5.41, 5.74) is 0. The molecule has 0 aliphatic carbocycles. The largest absolute Gasteiger partial charge is 0.460 e. The first-order chi connectivity index (χ1) is 8.58. The maximum absolute atomic E-state index is 12.6. The van der Waals surface area contributed by atoms with Gasteiger partial charge in [0.25, 0.3) is 12.8 Å². The summed E-state index contributed by atoms with van der Waals surface area (Å²) in [5.74, 6) is -20.4. The van der Waals surface area contributed by atoms with Gasteiger partial charge in [0, 0.05) is 0 Å². The summed E-state index contributed by atoms with van der Waals surface area (Å²) >= 11 is 0. The van der Waals surface area contributed by atoms with E-state index in [4.69, 9.17) is 0 Å². The Balaban J connectivity index is 5.17. The summed E-state index contributed by atoms with van der Waals surface area (Å²) in [7, 11) is 0. The molecule has 1 atom stereocenters. The van der Waals surface area contributed by atoms with Gasteiger partial charge in [0.1, 0.15) is 6.61 Å². The van der Waals surface area contributed by atoms with Gasteiger partial charge in [0.15, 0.2) is 0 Å². The molecule has 0 radical (unpaired) electrons. The summed E-state index contributed by atoms with van der Waals surface area (Å²) < 4.78 is 147. The van der Waals surface area contributed by atoms with Gasteiger partial charge in [-0.1, -0.05) is 0 Å². The van der Waals surface area contributed by atoms with Crippen molar-refractivity contribution in [1.82, 2.24) is 0 Å². The first-order valence-electron chi connectivity index (χ1n) is 4.32. The number of alkyl halides is 12. The van der Waals surface area contributed by atoms with Gasteiger partial charge in [-0.3, -0.25) is 0 Å². The molecule has 0 aliphatic heterocycles. The molecule has 20 heavy (non-hydrogen) atoms. The molecule has 0 N–H and O–H groups in total. The zero-order chi connectivity index (χ0) is 16.6. The molecule has 0 fully saturated rings. The van der Waals surface area contributed by atoms with E-state index in [2.05, 4.69) is 4.74 Å². The summed E-state index contributed by atoms with van der Waals surface area (Å²) in [4.78, 5) is 0. The van der Waals surface area contributed by atoms with Gasteiger partial charge < -0.3 is 4.74 Å². The highest BCUT2D eigenvalue weighted by Gasteiger charge is 2.81. The van der Waals surface area contributed by atoms with Crippen LogP contribution in [0, 0.1) is 0 Å². The fourth-order valence-corrected chi connectivity index (χ4v) is 0.755. The predicted octanol–water partition coefficient (Wildman–Crippen LogP) is 4.03. The molecule has 0 amide bonds. The Labute approximate surface area is 102 Å². The highest BCUT2D eigenvalue weighted by molar-refractivity contribution is 5.00. The molecule has 0 aromatic rings. The Morgan fingerprint density at radius 3 is 1.40 bits per heavy atom. The van der Waals surface area contributed by atoms with Crippen molar-refractivity contribution in [2.45, 2.75) is 36.7 Å². The SMILES string of the molecule is FC(F)C(F)OCC(F)(F)C(F)(F)C(F)(F)C(F)(F)F. The third-order valence-corrected chi connectivity index (χ3v) is 1.83. The van der Waals surface area contributed by atoms with Crippen molar-refractivity contribution in [1.29, 1.82) is 0 Å². The third-order valence-electron chi connectivity index (χ3n) is 1.83. The Bertz CT molecular complexity index is 320. The lowest BCUT2D eigenvalue weighted by atomic mass is 10.0. The molecule has 122 valence electrons. The van der Waals surface area contributed by atoms with Crippen LogP contribution in [0.4, 0.5) is 52.7 Å². The zero-order valence-corrected chi connectivity index (χ0v) is 8.81. The molecular weight excluding hydrogens is 328 g/mol. The zero-order valence-electron chi connectivity index (χ0n) is 8.81. The van der Waals surface area contributed by atoms with Gasteiger partial charge in [-0.25, -0.2) is 13.2 Å². The van der Waals surface area contributed by atoms with Crippen LogP contribution in [0.1, 0.15) is 0 Å². The molecule has 0 saturated heterocycles. The minimum Gasteiger partial charge on any atom is -0.337 e. The van der Waals surface area contributed by atoms with Crippen molar-refractivity contribution >= 4 is 0 Å². The van der Waals surface area contributed by atoms with Gasteiger partial charge in [-0.2, -0.15) is 39.5 Å². The quantitative estimate of drug-likeness (QED) is 0.668. The Morgan fingerprint density at radius 1 is 0.700 bits per heavy atom. The van der Waals surface area contributed by atoms with Crippen molar-refractivity contribution in [3.05, 3.63) is 0 Å². The smallest absolute Gasteiger partial charge is 0.337 e. The lowest BCUT2D eigenvalue weighted by molar-refractivity contribution is -0.402. The Hall–Kier alpha value is -0.880. The Kier molecular flexibility index (Phi) is 5.24. The molecule has 13 heteroatoms. The molecule has 0 aliphatic rings. The van der Waals surface area contributed by atoms with Crippen LogP contribution < -0.4 is 0 Å². The molecule has 0 rings (SSSR count). The average molecular weight is 332 g/mol. The fourth-order valence-electron chi connectivity index (χ4n) is 0.755. The second-order valence-corrected chi connectivity index (χ2v) is 3.35. The van der Waals surface area contributed by atoms with Crippen LogP contribution in [0.15, 0.2) is 0 Å². The predicted molar refractivity (Wildman–Crippen MR) is 37.7 cm³/mol. The van der Waals surface area contributed by atoms with E-state index in [0.717, 1.165) is 0 Å².